The molecule has 0 aliphatic carbocycles. The molecule has 1 atom stereocenters. The molecule has 15 heavy (non-hydrogen) atoms. The van der Waals surface area contributed by atoms with Gasteiger partial charge in [0.15, 0.2) is 0 Å². The predicted molar refractivity (Wildman–Crippen MR) is 76.6 cm³/mol. The minimum atomic E-state index is -0.222. The molecule has 1 aromatic rings. The fourth-order valence-electron chi connectivity index (χ4n) is 0.884. The summed E-state index contributed by atoms with van der Waals surface area (Å²) in [7, 11) is 0. The van der Waals surface area contributed by atoms with Gasteiger partial charge in [-0.2, -0.15) is 0 Å². The lowest BCUT2D eigenvalue weighted by Crippen LogP contribution is -2.20. The smallest absolute Gasteiger partial charge is 0.237 e. The van der Waals surface area contributed by atoms with Gasteiger partial charge in [-0.05, 0) is 50.9 Å². The summed E-state index contributed by atoms with van der Waals surface area (Å²) < 4.78 is 2.58. The number of rotatable bonds is 2. The molecule has 0 saturated carbocycles. The van der Waals surface area contributed by atoms with E-state index in [0.717, 1.165) is 19.1 Å². The van der Waals surface area contributed by atoms with Crippen LogP contribution < -0.4 is 5.32 Å². The van der Waals surface area contributed by atoms with Gasteiger partial charge < -0.3 is 5.32 Å². The van der Waals surface area contributed by atoms with Crippen molar-refractivity contribution in [2.75, 3.05) is 5.32 Å². The minimum Gasteiger partial charge on any atom is -0.323 e. The number of halogens is 4. The van der Waals surface area contributed by atoms with E-state index in [1.54, 1.807) is 6.92 Å². The van der Waals surface area contributed by atoms with E-state index in [4.69, 9.17) is 0 Å². The summed E-state index contributed by atoms with van der Waals surface area (Å²) in [6.45, 7) is 1.77. The SMILES string of the molecule is CC(Br)C(=O)Nc1c(Br)cc(Br)cc1Br. The Morgan fingerprint density at radius 1 is 1.27 bits per heavy atom. The zero-order valence-corrected chi connectivity index (χ0v) is 14.0. The molecule has 0 radical (unpaired) electrons. The highest BCUT2D eigenvalue weighted by Gasteiger charge is 2.13. The monoisotopic (exact) mass is 461 g/mol. The fourth-order valence-corrected chi connectivity index (χ4v) is 3.46. The van der Waals surface area contributed by atoms with E-state index in [2.05, 4.69) is 69.0 Å². The first-order chi connectivity index (χ1) is 6.91. The first-order valence-electron chi connectivity index (χ1n) is 4.01. The van der Waals surface area contributed by atoms with Crippen LogP contribution in [0.1, 0.15) is 6.92 Å². The van der Waals surface area contributed by atoms with Crippen LogP contribution in [-0.2, 0) is 4.79 Å². The molecule has 2 nitrogen and oxygen atoms in total. The molecule has 0 aliphatic rings. The van der Waals surface area contributed by atoms with Gasteiger partial charge in [-0.15, -0.1) is 0 Å². The van der Waals surface area contributed by atoms with E-state index < -0.39 is 0 Å². The second-order valence-corrected chi connectivity index (χ2v) is 6.85. The number of nitrogens with one attached hydrogen (secondary N) is 1. The van der Waals surface area contributed by atoms with Gasteiger partial charge in [0, 0.05) is 13.4 Å². The van der Waals surface area contributed by atoms with Gasteiger partial charge in [-0.3, -0.25) is 4.79 Å². The van der Waals surface area contributed by atoms with E-state index >= 15 is 0 Å². The van der Waals surface area contributed by atoms with Crippen LogP contribution in [0.2, 0.25) is 0 Å². The molecular weight excluding hydrogens is 458 g/mol. The molecule has 1 rings (SSSR count). The molecule has 0 aliphatic heterocycles. The van der Waals surface area contributed by atoms with Gasteiger partial charge in [-0.25, -0.2) is 0 Å². The molecule has 1 amide bonds. The Morgan fingerprint density at radius 2 is 1.73 bits per heavy atom. The van der Waals surface area contributed by atoms with Crippen LogP contribution in [0.15, 0.2) is 25.6 Å². The minimum absolute atomic E-state index is 0.0845. The van der Waals surface area contributed by atoms with Crippen LogP contribution in [-0.4, -0.2) is 10.7 Å². The van der Waals surface area contributed by atoms with E-state index in [1.165, 1.54) is 0 Å². The highest BCUT2D eigenvalue weighted by molar-refractivity contribution is 9.11. The summed E-state index contributed by atoms with van der Waals surface area (Å²) in [6.07, 6.45) is 0. The molecule has 1 N–H and O–H groups in total. The average Bonchev–Trinajstić information content (AvgIpc) is 2.10. The molecule has 1 unspecified atom stereocenters. The van der Waals surface area contributed by atoms with Crippen molar-refractivity contribution in [3.63, 3.8) is 0 Å². The zero-order valence-electron chi connectivity index (χ0n) is 7.65. The fraction of sp³-hybridized carbons (Fsp3) is 0.222. The van der Waals surface area contributed by atoms with Crippen LogP contribution in [0, 0.1) is 0 Å². The normalized spacial score (nSPS) is 12.3. The van der Waals surface area contributed by atoms with Crippen molar-refractivity contribution in [3.8, 4) is 0 Å². The van der Waals surface area contributed by atoms with Crippen molar-refractivity contribution < 1.29 is 4.79 Å². The Labute approximate surface area is 122 Å². The Balaban J connectivity index is 3.00. The number of carbonyl (C=O) groups excluding carboxylic acids is 1. The van der Waals surface area contributed by atoms with Gasteiger partial charge in [0.1, 0.15) is 0 Å². The Hall–Kier alpha value is 0.610. The van der Waals surface area contributed by atoms with Gasteiger partial charge in [0.2, 0.25) is 5.91 Å². The number of carbonyl (C=O) groups is 1. The van der Waals surface area contributed by atoms with E-state index in [-0.39, 0.29) is 10.7 Å². The van der Waals surface area contributed by atoms with E-state index in [0.29, 0.717) is 0 Å². The molecule has 0 saturated heterocycles. The second-order valence-electron chi connectivity index (χ2n) is 2.85. The molecule has 0 aromatic heterocycles. The lowest BCUT2D eigenvalue weighted by Gasteiger charge is -2.11. The van der Waals surface area contributed by atoms with Gasteiger partial charge in [0.05, 0.1) is 10.5 Å². The van der Waals surface area contributed by atoms with Crippen LogP contribution in [0.3, 0.4) is 0 Å². The van der Waals surface area contributed by atoms with Crippen molar-refractivity contribution >= 4 is 75.3 Å². The Bertz CT molecular complexity index is 369. The Morgan fingerprint density at radius 3 is 2.13 bits per heavy atom. The third-order valence-electron chi connectivity index (χ3n) is 1.62. The highest BCUT2D eigenvalue weighted by atomic mass is 79.9. The van der Waals surface area contributed by atoms with Gasteiger partial charge in [0.25, 0.3) is 0 Å². The summed E-state index contributed by atoms with van der Waals surface area (Å²) >= 11 is 13.3. The second kappa shape index (κ2) is 5.80. The topological polar surface area (TPSA) is 29.1 Å². The third-order valence-corrected chi connectivity index (χ3v) is 3.74. The van der Waals surface area contributed by atoms with Gasteiger partial charge >= 0.3 is 0 Å². The standard InChI is InChI=1S/C9H7Br4NO/c1-4(10)9(15)14-8-6(12)2-5(11)3-7(8)13/h2-4H,1H3,(H,14,15). The maximum atomic E-state index is 11.5. The molecule has 82 valence electrons. The van der Waals surface area contributed by atoms with Crippen molar-refractivity contribution in [2.45, 2.75) is 11.8 Å². The van der Waals surface area contributed by atoms with Crippen LogP contribution >= 0.6 is 63.7 Å². The quantitative estimate of drug-likeness (QED) is 0.632. The number of benzene rings is 1. The highest BCUT2D eigenvalue weighted by Crippen LogP contribution is 2.34. The number of amides is 1. The van der Waals surface area contributed by atoms with Crippen LogP contribution in [0.25, 0.3) is 0 Å². The Kier molecular flexibility index (Phi) is 5.28. The number of hydrogen-bond donors (Lipinski definition) is 1. The largest absolute Gasteiger partial charge is 0.323 e. The third kappa shape index (κ3) is 3.84. The molecule has 0 fully saturated rings. The van der Waals surface area contributed by atoms with Crippen molar-refractivity contribution in [1.29, 1.82) is 0 Å². The summed E-state index contributed by atoms with van der Waals surface area (Å²) in [5, 5.41) is 2.80. The molecular formula is C9H7Br4NO. The van der Waals surface area contributed by atoms with Crippen molar-refractivity contribution in [3.05, 3.63) is 25.6 Å². The van der Waals surface area contributed by atoms with E-state index in [9.17, 15) is 4.79 Å². The lowest BCUT2D eigenvalue weighted by molar-refractivity contribution is -0.115. The van der Waals surface area contributed by atoms with Gasteiger partial charge in [-0.1, -0.05) is 31.9 Å². The van der Waals surface area contributed by atoms with Crippen molar-refractivity contribution in [1.82, 2.24) is 0 Å². The average molecular weight is 465 g/mol. The number of anilines is 1. The molecule has 0 spiro atoms. The summed E-state index contributed by atoms with van der Waals surface area (Å²) in [6, 6.07) is 3.75. The first kappa shape index (κ1) is 13.7. The summed E-state index contributed by atoms with van der Waals surface area (Å²) in [5.41, 5.74) is 0.731. The molecule has 0 heterocycles. The van der Waals surface area contributed by atoms with E-state index in [1.807, 2.05) is 12.1 Å². The van der Waals surface area contributed by atoms with Crippen molar-refractivity contribution in [2.24, 2.45) is 0 Å². The number of alkyl halides is 1. The molecule has 1 aromatic carbocycles. The molecule has 0 bridgehead atoms. The maximum absolute atomic E-state index is 11.5. The number of hydrogen-bond acceptors (Lipinski definition) is 1. The molecule has 6 heteroatoms. The van der Waals surface area contributed by atoms with Crippen LogP contribution in [0.5, 0.6) is 0 Å². The summed E-state index contributed by atoms with van der Waals surface area (Å²) in [5.74, 6) is -0.0845. The zero-order chi connectivity index (χ0) is 11.6. The first-order valence-corrected chi connectivity index (χ1v) is 7.30. The summed E-state index contributed by atoms with van der Waals surface area (Å²) in [4.78, 5) is 11.3. The lowest BCUT2D eigenvalue weighted by atomic mass is 10.3. The maximum Gasteiger partial charge on any atom is 0.237 e. The predicted octanol–water partition coefficient (Wildman–Crippen LogP) is 4.70. The van der Waals surface area contributed by atoms with Crippen LogP contribution in [0.4, 0.5) is 5.69 Å².